The van der Waals surface area contributed by atoms with Gasteiger partial charge in [0.25, 0.3) is 0 Å². The van der Waals surface area contributed by atoms with Crippen LogP contribution in [-0.4, -0.2) is 62.3 Å². The molecule has 0 aromatic rings. The number of carbonyl (C=O) groups excluding carboxylic acids is 1. The normalized spacial score (nSPS) is 18.5. The second-order valence-electron chi connectivity index (χ2n) is 5.95. The monoisotopic (exact) mass is 320 g/mol. The van der Waals surface area contributed by atoms with Gasteiger partial charge in [-0.3, -0.25) is 4.79 Å². The lowest BCUT2D eigenvalue weighted by Crippen LogP contribution is -2.48. The molecule has 0 amide bonds. The van der Waals surface area contributed by atoms with E-state index in [0.29, 0.717) is 12.3 Å². The number of hydrogen-bond donors (Lipinski definition) is 5. The molecule has 0 saturated heterocycles. The fraction of sp³-hybridized carbons (Fsp3) is 0.938. The molecule has 0 saturated carbocycles. The molecule has 22 heavy (non-hydrogen) atoms. The summed E-state index contributed by atoms with van der Waals surface area (Å²) in [6.45, 7) is 3.50. The second kappa shape index (κ2) is 12.0. The summed E-state index contributed by atoms with van der Waals surface area (Å²) in [5.74, 6) is 0.0126. The quantitative estimate of drug-likeness (QED) is 0.335. The average Bonchev–Trinajstić information content (AvgIpc) is 2.54. The molecule has 0 bridgehead atoms. The van der Waals surface area contributed by atoms with Gasteiger partial charge in [0.1, 0.15) is 24.4 Å². The molecule has 0 rings (SSSR count). The number of hydrogen-bond acceptors (Lipinski definition) is 6. The van der Waals surface area contributed by atoms with Gasteiger partial charge >= 0.3 is 0 Å². The first-order chi connectivity index (χ1) is 10.4. The Kier molecular flexibility index (Phi) is 11.7. The summed E-state index contributed by atoms with van der Waals surface area (Å²) in [5, 5.41) is 46.7. The van der Waals surface area contributed by atoms with Crippen molar-refractivity contribution in [1.29, 1.82) is 0 Å². The lowest BCUT2D eigenvalue weighted by molar-refractivity contribution is -0.147. The summed E-state index contributed by atoms with van der Waals surface area (Å²) in [5.41, 5.74) is 0. The Labute approximate surface area is 132 Å². The van der Waals surface area contributed by atoms with Crippen LogP contribution in [-0.2, 0) is 4.79 Å². The first-order valence-electron chi connectivity index (χ1n) is 8.24. The molecule has 0 aromatic carbocycles. The van der Waals surface area contributed by atoms with E-state index in [-0.39, 0.29) is 6.42 Å². The molecule has 0 aliphatic heterocycles. The van der Waals surface area contributed by atoms with Gasteiger partial charge in [-0.25, -0.2) is 0 Å². The molecule has 6 heteroatoms. The van der Waals surface area contributed by atoms with Crippen molar-refractivity contribution in [3.05, 3.63) is 0 Å². The van der Waals surface area contributed by atoms with E-state index >= 15 is 0 Å². The fourth-order valence-corrected chi connectivity index (χ4v) is 2.47. The highest BCUT2D eigenvalue weighted by Gasteiger charge is 2.33. The van der Waals surface area contributed by atoms with Crippen molar-refractivity contribution >= 4 is 5.78 Å². The van der Waals surface area contributed by atoms with Crippen LogP contribution in [0, 0.1) is 5.92 Å². The van der Waals surface area contributed by atoms with Gasteiger partial charge in [0, 0.05) is 6.42 Å². The van der Waals surface area contributed by atoms with Crippen molar-refractivity contribution in [2.75, 3.05) is 6.61 Å². The van der Waals surface area contributed by atoms with Crippen molar-refractivity contribution in [3.8, 4) is 0 Å². The van der Waals surface area contributed by atoms with Crippen LogP contribution in [0.2, 0.25) is 0 Å². The smallest absolute Gasteiger partial charge is 0.164 e. The lowest BCUT2D eigenvalue weighted by atomic mass is 9.91. The Bertz CT molecular complexity index is 296. The first kappa shape index (κ1) is 21.5. The maximum Gasteiger partial charge on any atom is 0.164 e. The molecule has 0 heterocycles. The van der Waals surface area contributed by atoms with E-state index in [9.17, 15) is 25.2 Å². The third-order valence-electron chi connectivity index (χ3n) is 4.16. The topological polar surface area (TPSA) is 118 Å². The Hall–Kier alpha value is -0.530. The predicted molar refractivity (Wildman–Crippen MR) is 83.3 cm³/mol. The number of Topliss-reactive ketones (excluding diaryl/α,β-unsaturated/α-hetero) is 1. The van der Waals surface area contributed by atoms with E-state index in [4.69, 9.17) is 5.11 Å². The third kappa shape index (κ3) is 7.65. The molecule has 0 fully saturated rings. The Balaban J connectivity index is 4.19. The number of rotatable bonds is 13. The van der Waals surface area contributed by atoms with Crippen LogP contribution in [0.3, 0.4) is 0 Å². The van der Waals surface area contributed by atoms with Crippen LogP contribution in [0.5, 0.6) is 0 Å². The fourth-order valence-electron chi connectivity index (χ4n) is 2.47. The van der Waals surface area contributed by atoms with Crippen LogP contribution in [0.25, 0.3) is 0 Å². The first-order valence-corrected chi connectivity index (χ1v) is 8.24. The number of aliphatic hydroxyl groups is 5. The minimum atomic E-state index is -1.79. The number of unbranched alkanes of at least 4 members (excludes halogenated alkanes) is 1. The van der Waals surface area contributed by atoms with Crippen molar-refractivity contribution in [2.45, 2.75) is 83.2 Å². The minimum absolute atomic E-state index is 0.128. The summed E-state index contributed by atoms with van der Waals surface area (Å²) in [7, 11) is 0. The highest BCUT2D eigenvalue weighted by molar-refractivity contribution is 5.83. The van der Waals surface area contributed by atoms with Gasteiger partial charge in [-0.1, -0.05) is 46.0 Å². The molecule has 5 N–H and O–H groups in total. The molecular weight excluding hydrogens is 288 g/mol. The van der Waals surface area contributed by atoms with Crippen LogP contribution in [0.4, 0.5) is 0 Å². The second-order valence-corrected chi connectivity index (χ2v) is 5.95. The summed E-state index contributed by atoms with van der Waals surface area (Å²) < 4.78 is 0. The third-order valence-corrected chi connectivity index (χ3v) is 4.16. The standard InChI is InChI=1S/C16H32O6/c1-3-5-7-11(4-2)8-6-9-12(18)14(20)16(22)15(21)13(19)10-17/h11,13-17,19-22H,3-10H2,1-2H3/t11?,13-,14+,15+,16-/m1/s1. The van der Waals surface area contributed by atoms with Crippen LogP contribution in [0.1, 0.15) is 58.8 Å². The van der Waals surface area contributed by atoms with Crippen LogP contribution >= 0.6 is 0 Å². The Morgan fingerprint density at radius 1 is 0.955 bits per heavy atom. The molecule has 0 aliphatic rings. The number of aliphatic hydroxyl groups excluding tert-OH is 5. The van der Waals surface area contributed by atoms with Crippen molar-refractivity contribution in [2.24, 2.45) is 5.92 Å². The number of carbonyl (C=O) groups is 1. The predicted octanol–water partition coefficient (Wildman–Crippen LogP) is 0.378. The van der Waals surface area contributed by atoms with Gasteiger partial charge in [0.05, 0.1) is 6.61 Å². The van der Waals surface area contributed by atoms with Crippen molar-refractivity contribution in [1.82, 2.24) is 0 Å². The summed E-state index contributed by atoms with van der Waals surface area (Å²) in [6, 6.07) is 0. The van der Waals surface area contributed by atoms with Crippen molar-refractivity contribution < 1.29 is 30.3 Å². The summed E-state index contributed by atoms with van der Waals surface area (Å²) in [6.07, 6.45) is -0.727. The van der Waals surface area contributed by atoms with Gasteiger partial charge in [-0.15, -0.1) is 0 Å². The van der Waals surface area contributed by atoms with Gasteiger partial charge in [0.15, 0.2) is 5.78 Å². The van der Waals surface area contributed by atoms with E-state index in [1.54, 1.807) is 0 Å². The molecule has 0 radical (unpaired) electrons. The SMILES string of the molecule is CCCCC(CC)CCCC(=O)[C@H](O)[C@@H](O)[C@@H](O)[C@H](O)CO. The molecule has 0 aliphatic carbocycles. The summed E-state index contributed by atoms with van der Waals surface area (Å²) in [4.78, 5) is 11.8. The Morgan fingerprint density at radius 2 is 1.55 bits per heavy atom. The summed E-state index contributed by atoms with van der Waals surface area (Å²) >= 11 is 0. The Morgan fingerprint density at radius 3 is 2.05 bits per heavy atom. The van der Waals surface area contributed by atoms with E-state index in [1.807, 2.05) is 0 Å². The zero-order valence-corrected chi connectivity index (χ0v) is 13.7. The molecule has 132 valence electrons. The maximum atomic E-state index is 11.8. The van der Waals surface area contributed by atoms with Crippen LogP contribution in [0.15, 0.2) is 0 Å². The lowest BCUT2D eigenvalue weighted by Gasteiger charge is -2.25. The van der Waals surface area contributed by atoms with E-state index in [1.165, 1.54) is 6.42 Å². The minimum Gasteiger partial charge on any atom is -0.394 e. The van der Waals surface area contributed by atoms with Gasteiger partial charge in [-0.05, 0) is 12.3 Å². The zero-order valence-electron chi connectivity index (χ0n) is 13.7. The maximum absolute atomic E-state index is 11.8. The molecular formula is C16H32O6. The van der Waals surface area contributed by atoms with E-state index < -0.39 is 36.8 Å². The molecule has 6 nitrogen and oxygen atoms in total. The number of ketones is 1. The van der Waals surface area contributed by atoms with Gasteiger partial charge < -0.3 is 25.5 Å². The van der Waals surface area contributed by atoms with Gasteiger partial charge in [0.2, 0.25) is 0 Å². The van der Waals surface area contributed by atoms with Gasteiger partial charge in [-0.2, -0.15) is 0 Å². The van der Waals surface area contributed by atoms with Crippen molar-refractivity contribution in [3.63, 3.8) is 0 Å². The van der Waals surface area contributed by atoms with E-state index in [2.05, 4.69) is 13.8 Å². The average molecular weight is 320 g/mol. The molecule has 1 unspecified atom stereocenters. The molecule has 0 spiro atoms. The zero-order chi connectivity index (χ0) is 17.1. The highest BCUT2D eigenvalue weighted by atomic mass is 16.4. The largest absolute Gasteiger partial charge is 0.394 e. The molecule has 5 atom stereocenters. The van der Waals surface area contributed by atoms with E-state index in [0.717, 1.165) is 25.7 Å². The van der Waals surface area contributed by atoms with Crippen LogP contribution < -0.4 is 0 Å². The highest BCUT2D eigenvalue weighted by Crippen LogP contribution is 2.20. The molecule has 0 aromatic heterocycles.